The highest BCUT2D eigenvalue weighted by atomic mass is 35.5. The number of anilines is 1. The number of carbonyl (C=O) groups excluding carboxylic acids is 4. The molecule has 1 aromatic rings. The Kier molecular flexibility index (Phi) is 5.83. The molecule has 0 bridgehead atoms. The molecule has 0 aromatic carbocycles. The Labute approximate surface area is 166 Å². The van der Waals surface area contributed by atoms with Crippen molar-refractivity contribution in [1.29, 1.82) is 0 Å². The SMILES string of the molecule is CC1CCCCC12NC(=O)N(CC(=O)OCC(=O)Nc1ccc(Cl)cn1)C2=O. The lowest BCUT2D eigenvalue weighted by atomic mass is 9.73. The van der Waals surface area contributed by atoms with E-state index in [0.717, 1.165) is 24.2 Å². The molecule has 1 saturated heterocycles. The van der Waals surface area contributed by atoms with Crippen molar-refractivity contribution in [2.75, 3.05) is 18.5 Å². The van der Waals surface area contributed by atoms with Crippen LogP contribution in [0.25, 0.3) is 0 Å². The molecule has 2 aliphatic rings. The second-order valence-corrected chi connectivity index (χ2v) is 7.45. The lowest BCUT2D eigenvalue weighted by Crippen LogP contribution is -2.54. The van der Waals surface area contributed by atoms with Gasteiger partial charge in [0.25, 0.3) is 11.8 Å². The normalized spacial score (nSPS) is 24.2. The summed E-state index contributed by atoms with van der Waals surface area (Å²) in [6, 6.07) is 2.45. The van der Waals surface area contributed by atoms with Gasteiger partial charge in [-0.05, 0) is 30.9 Å². The van der Waals surface area contributed by atoms with Crippen molar-refractivity contribution >= 4 is 41.2 Å². The zero-order valence-corrected chi connectivity index (χ0v) is 16.1. The van der Waals surface area contributed by atoms with E-state index in [-0.39, 0.29) is 11.7 Å². The van der Waals surface area contributed by atoms with Gasteiger partial charge >= 0.3 is 12.0 Å². The number of hydrogen-bond donors (Lipinski definition) is 2. The molecule has 1 aliphatic carbocycles. The number of esters is 1. The molecule has 3 rings (SSSR count). The minimum absolute atomic E-state index is 0.00336. The Hall–Kier alpha value is -2.68. The predicted molar refractivity (Wildman–Crippen MR) is 99.4 cm³/mol. The van der Waals surface area contributed by atoms with E-state index < -0.39 is 42.5 Å². The molecule has 1 aliphatic heterocycles. The number of carbonyl (C=O) groups is 4. The van der Waals surface area contributed by atoms with Gasteiger partial charge in [-0.2, -0.15) is 0 Å². The number of amides is 4. The number of halogens is 1. The highest BCUT2D eigenvalue weighted by Crippen LogP contribution is 2.38. The average molecular weight is 409 g/mol. The summed E-state index contributed by atoms with van der Waals surface area (Å²) >= 11 is 5.71. The molecule has 1 saturated carbocycles. The third kappa shape index (κ3) is 4.09. The van der Waals surface area contributed by atoms with Crippen LogP contribution in [0.4, 0.5) is 10.6 Å². The van der Waals surface area contributed by atoms with Gasteiger partial charge in [-0.25, -0.2) is 9.78 Å². The van der Waals surface area contributed by atoms with Crippen molar-refractivity contribution in [3.63, 3.8) is 0 Å². The molecule has 2 fully saturated rings. The quantitative estimate of drug-likeness (QED) is 0.565. The topological polar surface area (TPSA) is 118 Å². The molecule has 0 radical (unpaired) electrons. The molecule has 1 aromatic heterocycles. The van der Waals surface area contributed by atoms with Gasteiger partial charge in [0.1, 0.15) is 17.9 Å². The van der Waals surface area contributed by atoms with Crippen molar-refractivity contribution in [2.45, 2.75) is 38.1 Å². The van der Waals surface area contributed by atoms with Crippen LogP contribution in [0, 0.1) is 5.92 Å². The van der Waals surface area contributed by atoms with Gasteiger partial charge in [0.05, 0.1) is 5.02 Å². The van der Waals surface area contributed by atoms with Crippen LogP contribution in [0.15, 0.2) is 18.3 Å². The smallest absolute Gasteiger partial charge is 0.326 e. The maximum Gasteiger partial charge on any atom is 0.326 e. The third-order valence-electron chi connectivity index (χ3n) is 5.15. The largest absolute Gasteiger partial charge is 0.454 e. The van der Waals surface area contributed by atoms with Crippen molar-refractivity contribution in [1.82, 2.24) is 15.2 Å². The summed E-state index contributed by atoms with van der Waals surface area (Å²) in [5.41, 5.74) is -0.937. The van der Waals surface area contributed by atoms with Gasteiger partial charge in [-0.3, -0.25) is 19.3 Å². The Morgan fingerprint density at radius 1 is 1.39 bits per heavy atom. The van der Waals surface area contributed by atoms with E-state index in [1.54, 1.807) is 6.07 Å². The van der Waals surface area contributed by atoms with Crippen LogP contribution < -0.4 is 10.6 Å². The highest BCUT2D eigenvalue weighted by molar-refractivity contribution is 6.30. The van der Waals surface area contributed by atoms with Crippen LogP contribution in [-0.2, 0) is 19.1 Å². The number of nitrogens with one attached hydrogen (secondary N) is 2. The van der Waals surface area contributed by atoms with Crippen LogP contribution in [-0.4, -0.2) is 52.4 Å². The molecule has 2 atom stereocenters. The molecule has 2 heterocycles. The lowest BCUT2D eigenvalue weighted by Gasteiger charge is -2.36. The summed E-state index contributed by atoms with van der Waals surface area (Å²) < 4.78 is 4.88. The van der Waals surface area contributed by atoms with E-state index in [1.807, 2.05) is 6.92 Å². The van der Waals surface area contributed by atoms with E-state index in [9.17, 15) is 19.2 Å². The summed E-state index contributed by atoms with van der Waals surface area (Å²) in [5.74, 6) is -1.60. The monoisotopic (exact) mass is 408 g/mol. The van der Waals surface area contributed by atoms with Crippen LogP contribution >= 0.6 is 11.6 Å². The number of hydrogen-bond acceptors (Lipinski definition) is 6. The molecule has 2 unspecified atom stereocenters. The maximum absolute atomic E-state index is 12.8. The molecule has 2 N–H and O–H groups in total. The first-order chi connectivity index (χ1) is 13.3. The fourth-order valence-corrected chi connectivity index (χ4v) is 3.70. The van der Waals surface area contributed by atoms with Crippen molar-refractivity contribution < 1.29 is 23.9 Å². The fourth-order valence-electron chi connectivity index (χ4n) is 3.59. The van der Waals surface area contributed by atoms with Gasteiger partial charge in [0, 0.05) is 6.20 Å². The number of ether oxygens (including phenoxy) is 1. The fraction of sp³-hybridized carbons (Fsp3) is 0.500. The van der Waals surface area contributed by atoms with E-state index >= 15 is 0 Å². The first-order valence-corrected chi connectivity index (χ1v) is 9.41. The Morgan fingerprint density at radius 2 is 2.18 bits per heavy atom. The van der Waals surface area contributed by atoms with Gasteiger partial charge in [0.2, 0.25) is 0 Å². The standard InChI is InChI=1S/C18H21ClN4O5/c1-11-4-2-3-7-18(11)16(26)23(17(27)22-18)9-15(25)28-10-14(24)21-13-6-5-12(19)8-20-13/h5-6,8,11H,2-4,7,9-10H2,1H3,(H,22,27)(H,20,21,24). The van der Waals surface area contributed by atoms with E-state index in [1.165, 1.54) is 12.3 Å². The summed E-state index contributed by atoms with van der Waals surface area (Å²) in [6.45, 7) is 0.828. The zero-order valence-electron chi connectivity index (χ0n) is 15.4. The van der Waals surface area contributed by atoms with Crippen molar-refractivity contribution in [3.05, 3.63) is 23.4 Å². The molecular formula is C18H21ClN4O5. The summed E-state index contributed by atoms with van der Waals surface area (Å²) in [4.78, 5) is 53.6. The minimum atomic E-state index is -0.937. The third-order valence-corrected chi connectivity index (χ3v) is 5.37. The molecule has 9 nitrogen and oxygen atoms in total. The molecular weight excluding hydrogens is 388 g/mol. The van der Waals surface area contributed by atoms with Crippen molar-refractivity contribution in [2.24, 2.45) is 5.92 Å². The average Bonchev–Trinajstić information content (AvgIpc) is 2.89. The number of urea groups is 1. The summed E-state index contributed by atoms with van der Waals surface area (Å²) in [6.07, 6.45) is 4.60. The van der Waals surface area contributed by atoms with Crippen LogP contribution in [0.2, 0.25) is 5.02 Å². The summed E-state index contributed by atoms with van der Waals surface area (Å²) in [5, 5.41) is 5.62. The number of imide groups is 1. The predicted octanol–water partition coefficient (Wildman–Crippen LogP) is 1.72. The molecule has 4 amide bonds. The first-order valence-electron chi connectivity index (χ1n) is 9.03. The van der Waals surface area contributed by atoms with Crippen LogP contribution in [0.3, 0.4) is 0 Å². The Bertz CT molecular complexity index is 800. The van der Waals surface area contributed by atoms with Gasteiger partial charge in [-0.1, -0.05) is 31.4 Å². The molecule has 28 heavy (non-hydrogen) atoms. The first kappa shape index (κ1) is 20.1. The second-order valence-electron chi connectivity index (χ2n) is 7.01. The molecule has 10 heteroatoms. The second kappa shape index (κ2) is 8.14. The van der Waals surface area contributed by atoms with Crippen molar-refractivity contribution in [3.8, 4) is 0 Å². The molecule has 150 valence electrons. The number of nitrogens with zero attached hydrogens (tertiary/aromatic N) is 2. The van der Waals surface area contributed by atoms with E-state index in [4.69, 9.17) is 16.3 Å². The number of rotatable bonds is 5. The van der Waals surface area contributed by atoms with Crippen LogP contribution in [0.5, 0.6) is 0 Å². The Balaban J connectivity index is 1.51. The van der Waals surface area contributed by atoms with Gasteiger partial charge < -0.3 is 15.4 Å². The number of pyridine rings is 1. The van der Waals surface area contributed by atoms with E-state index in [2.05, 4.69) is 15.6 Å². The minimum Gasteiger partial charge on any atom is -0.454 e. The van der Waals surface area contributed by atoms with Gasteiger partial charge in [0.15, 0.2) is 6.61 Å². The summed E-state index contributed by atoms with van der Waals surface area (Å²) in [7, 11) is 0. The number of aromatic nitrogens is 1. The lowest BCUT2D eigenvalue weighted by molar-refractivity contribution is -0.150. The molecule has 1 spiro atoms. The maximum atomic E-state index is 12.8. The van der Waals surface area contributed by atoms with Gasteiger partial charge in [-0.15, -0.1) is 0 Å². The van der Waals surface area contributed by atoms with E-state index in [0.29, 0.717) is 11.4 Å². The Morgan fingerprint density at radius 3 is 2.86 bits per heavy atom. The van der Waals surface area contributed by atoms with Crippen LogP contribution in [0.1, 0.15) is 32.6 Å². The zero-order chi connectivity index (χ0) is 20.3. The highest BCUT2D eigenvalue weighted by Gasteiger charge is 2.55.